The molecule has 2 saturated carbocycles. The molecule has 2 heterocycles. The van der Waals surface area contributed by atoms with Crippen LogP contribution in [0.4, 0.5) is 5.95 Å². The maximum absolute atomic E-state index is 6.05. The summed E-state index contributed by atoms with van der Waals surface area (Å²) in [5.41, 5.74) is 1.49. The van der Waals surface area contributed by atoms with Crippen molar-refractivity contribution in [2.75, 3.05) is 25.6 Å². The van der Waals surface area contributed by atoms with E-state index in [1.165, 1.54) is 32.1 Å². The zero-order valence-electron chi connectivity index (χ0n) is 13.6. The predicted octanol–water partition coefficient (Wildman–Crippen LogP) is 1.98. The minimum atomic E-state index is 0.415. The maximum Gasteiger partial charge on any atom is 0.225 e. The van der Waals surface area contributed by atoms with Gasteiger partial charge >= 0.3 is 0 Å². The lowest BCUT2D eigenvalue weighted by atomic mass is 9.54. The Hall–Kier alpha value is -1.20. The van der Waals surface area contributed by atoms with Crippen LogP contribution in [-0.2, 0) is 11.3 Å². The van der Waals surface area contributed by atoms with Crippen molar-refractivity contribution < 1.29 is 4.74 Å². The topological polar surface area (TPSA) is 50.3 Å². The van der Waals surface area contributed by atoms with Gasteiger partial charge in [0.2, 0.25) is 5.95 Å². The first-order valence-corrected chi connectivity index (χ1v) is 8.55. The molecule has 0 aromatic carbocycles. The summed E-state index contributed by atoms with van der Waals surface area (Å²) in [6.07, 6.45) is 8.99. The normalized spacial score (nSPS) is 32.0. The lowest BCUT2D eigenvalue weighted by Crippen LogP contribution is -2.67. The van der Waals surface area contributed by atoms with Gasteiger partial charge in [-0.05, 0) is 25.3 Å². The van der Waals surface area contributed by atoms with Gasteiger partial charge in [-0.1, -0.05) is 12.8 Å². The molecule has 1 aromatic heterocycles. The van der Waals surface area contributed by atoms with E-state index < -0.39 is 0 Å². The van der Waals surface area contributed by atoms with Gasteiger partial charge < -0.3 is 15.0 Å². The fraction of sp³-hybridized carbons (Fsp3) is 0.765. The number of aromatic nitrogens is 2. The second kappa shape index (κ2) is 5.46. The minimum absolute atomic E-state index is 0.415. The first-order valence-electron chi connectivity index (χ1n) is 8.55. The molecule has 1 N–H and O–H groups in total. The van der Waals surface area contributed by atoms with Gasteiger partial charge in [-0.3, -0.25) is 0 Å². The Kier molecular flexibility index (Phi) is 3.57. The molecular weight excluding hydrogens is 276 g/mol. The van der Waals surface area contributed by atoms with E-state index in [4.69, 9.17) is 4.74 Å². The zero-order valence-corrected chi connectivity index (χ0v) is 13.6. The molecule has 0 bridgehead atoms. The number of ether oxygens (including phenoxy) is 1. The Balaban J connectivity index is 1.46. The molecule has 2 aliphatic carbocycles. The van der Waals surface area contributed by atoms with Crippen LogP contribution in [0.3, 0.4) is 0 Å². The van der Waals surface area contributed by atoms with Gasteiger partial charge in [-0.15, -0.1) is 0 Å². The van der Waals surface area contributed by atoms with Crippen LogP contribution in [0.25, 0.3) is 0 Å². The first kappa shape index (κ1) is 14.4. The van der Waals surface area contributed by atoms with Crippen molar-refractivity contribution in [3.05, 3.63) is 18.0 Å². The molecule has 0 unspecified atom stereocenters. The van der Waals surface area contributed by atoms with E-state index in [0.29, 0.717) is 23.5 Å². The molecule has 120 valence electrons. The van der Waals surface area contributed by atoms with Gasteiger partial charge in [-0.25, -0.2) is 9.97 Å². The standard InChI is InChI=1S/C17H26N4O/c1-21(2)16-18-9-5-12(20-16)11-19-14-13-6-10-22-15(13)17(14)7-3-4-8-17/h5,9,13-15,19H,3-4,6-8,10-11H2,1-2H3/t13-,14-,15-/m1/s1. The number of hydrogen-bond acceptors (Lipinski definition) is 5. The molecule has 0 radical (unpaired) electrons. The summed E-state index contributed by atoms with van der Waals surface area (Å²) in [4.78, 5) is 10.9. The Morgan fingerprint density at radius 1 is 1.36 bits per heavy atom. The predicted molar refractivity (Wildman–Crippen MR) is 85.7 cm³/mol. The van der Waals surface area contributed by atoms with E-state index in [1.54, 1.807) is 0 Å². The Labute approximate surface area is 132 Å². The number of rotatable bonds is 4. The summed E-state index contributed by atoms with van der Waals surface area (Å²) in [7, 11) is 3.96. The van der Waals surface area contributed by atoms with Crippen molar-refractivity contribution in [2.24, 2.45) is 11.3 Å². The van der Waals surface area contributed by atoms with Gasteiger partial charge in [0.1, 0.15) is 0 Å². The third kappa shape index (κ3) is 2.14. The molecule has 4 rings (SSSR count). The third-order valence-corrected chi connectivity index (χ3v) is 5.89. The van der Waals surface area contributed by atoms with Crippen LogP contribution in [0.1, 0.15) is 37.8 Å². The van der Waals surface area contributed by atoms with Gasteiger partial charge in [0.25, 0.3) is 0 Å². The van der Waals surface area contributed by atoms with Gasteiger partial charge in [0, 0.05) is 50.8 Å². The lowest BCUT2D eigenvalue weighted by Gasteiger charge is -2.57. The third-order valence-electron chi connectivity index (χ3n) is 5.89. The van der Waals surface area contributed by atoms with Crippen molar-refractivity contribution in [1.29, 1.82) is 0 Å². The summed E-state index contributed by atoms with van der Waals surface area (Å²) in [6.45, 7) is 1.78. The highest BCUT2D eigenvalue weighted by Crippen LogP contribution is 2.60. The summed E-state index contributed by atoms with van der Waals surface area (Å²) >= 11 is 0. The number of nitrogens with one attached hydrogen (secondary N) is 1. The number of hydrogen-bond donors (Lipinski definition) is 1. The average molecular weight is 302 g/mol. The van der Waals surface area contributed by atoms with Gasteiger partial charge in [0.15, 0.2) is 0 Å². The fourth-order valence-corrected chi connectivity index (χ4v) is 4.92. The van der Waals surface area contributed by atoms with Crippen molar-refractivity contribution in [2.45, 2.75) is 50.8 Å². The van der Waals surface area contributed by atoms with Gasteiger partial charge in [-0.2, -0.15) is 0 Å². The Bertz CT molecular complexity index is 541. The summed E-state index contributed by atoms with van der Waals surface area (Å²) in [5.74, 6) is 1.50. The molecule has 22 heavy (non-hydrogen) atoms. The highest BCUT2D eigenvalue weighted by atomic mass is 16.5. The molecule has 1 aliphatic heterocycles. The van der Waals surface area contributed by atoms with Gasteiger partial charge in [0.05, 0.1) is 11.8 Å². The highest BCUT2D eigenvalue weighted by Gasteiger charge is 2.64. The SMILES string of the molecule is CN(C)c1nccc(CN[C@@H]2[C@H]3CCO[C@H]3C23CCCC3)n1. The Morgan fingerprint density at radius 3 is 2.95 bits per heavy atom. The molecule has 1 spiro atoms. The van der Waals surface area contributed by atoms with Crippen LogP contribution in [0.5, 0.6) is 0 Å². The van der Waals surface area contributed by atoms with E-state index in [9.17, 15) is 0 Å². The number of nitrogens with zero attached hydrogens (tertiary/aromatic N) is 3. The summed E-state index contributed by atoms with van der Waals surface area (Å²) in [5, 5.41) is 3.82. The first-order chi connectivity index (χ1) is 10.7. The average Bonchev–Trinajstić information content (AvgIpc) is 3.15. The maximum atomic E-state index is 6.05. The molecule has 3 atom stereocenters. The van der Waals surface area contributed by atoms with Crippen molar-refractivity contribution >= 4 is 5.95 Å². The summed E-state index contributed by atoms with van der Waals surface area (Å²) < 4.78 is 6.05. The Morgan fingerprint density at radius 2 is 2.18 bits per heavy atom. The van der Waals surface area contributed by atoms with Crippen molar-refractivity contribution in [1.82, 2.24) is 15.3 Å². The molecule has 1 aromatic rings. The largest absolute Gasteiger partial charge is 0.377 e. The second-order valence-corrected chi connectivity index (χ2v) is 7.29. The van der Waals surface area contributed by atoms with E-state index in [1.807, 2.05) is 31.3 Å². The van der Waals surface area contributed by atoms with Crippen molar-refractivity contribution in [3.63, 3.8) is 0 Å². The van der Waals surface area contributed by atoms with Crippen LogP contribution in [0, 0.1) is 11.3 Å². The zero-order chi connectivity index (χ0) is 15.2. The number of anilines is 1. The molecule has 5 heteroatoms. The monoisotopic (exact) mass is 302 g/mol. The van der Waals surface area contributed by atoms with Crippen LogP contribution in [0.2, 0.25) is 0 Å². The second-order valence-electron chi connectivity index (χ2n) is 7.29. The van der Waals surface area contributed by atoms with Crippen LogP contribution in [-0.4, -0.2) is 42.8 Å². The number of fused-ring (bicyclic) bond motifs is 2. The van der Waals surface area contributed by atoms with E-state index in [0.717, 1.165) is 24.8 Å². The lowest BCUT2D eigenvalue weighted by molar-refractivity contribution is -0.131. The van der Waals surface area contributed by atoms with Crippen LogP contribution in [0.15, 0.2) is 12.3 Å². The van der Waals surface area contributed by atoms with E-state index >= 15 is 0 Å². The van der Waals surface area contributed by atoms with E-state index in [2.05, 4.69) is 15.3 Å². The van der Waals surface area contributed by atoms with Crippen LogP contribution < -0.4 is 10.2 Å². The molecule has 3 fully saturated rings. The summed E-state index contributed by atoms with van der Waals surface area (Å²) in [6, 6.07) is 2.63. The molecule has 0 amide bonds. The minimum Gasteiger partial charge on any atom is -0.377 e. The van der Waals surface area contributed by atoms with E-state index in [-0.39, 0.29) is 0 Å². The van der Waals surface area contributed by atoms with Crippen molar-refractivity contribution in [3.8, 4) is 0 Å². The fourth-order valence-electron chi connectivity index (χ4n) is 4.92. The molecular formula is C17H26N4O. The molecule has 1 saturated heterocycles. The smallest absolute Gasteiger partial charge is 0.225 e. The van der Waals surface area contributed by atoms with Crippen LogP contribution >= 0.6 is 0 Å². The molecule has 5 nitrogen and oxygen atoms in total. The highest BCUT2D eigenvalue weighted by molar-refractivity contribution is 5.27. The molecule has 3 aliphatic rings. The quantitative estimate of drug-likeness (QED) is 0.921.